The van der Waals surface area contributed by atoms with Crippen LogP contribution in [0.5, 0.6) is 5.75 Å². The maximum atomic E-state index is 12.9. The maximum Gasteiger partial charge on any atom is 0.265 e. The fourth-order valence-corrected chi connectivity index (χ4v) is 3.27. The van der Waals surface area contributed by atoms with E-state index in [0.717, 1.165) is 12.0 Å². The quantitative estimate of drug-likeness (QED) is 0.540. The number of fused-ring (bicyclic) bond motifs is 1. The average molecular weight is 399 g/mol. The Morgan fingerprint density at radius 3 is 2.67 bits per heavy atom. The number of aromatic nitrogens is 2. The summed E-state index contributed by atoms with van der Waals surface area (Å²) in [6, 6.07) is 22.1. The van der Waals surface area contributed by atoms with Crippen molar-refractivity contribution in [2.45, 2.75) is 6.42 Å². The van der Waals surface area contributed by atoms with Crippen molar-refractivity contribution in [1.29, 1.82) is 0 Å². The minimum Gasteiger partial charge on any atom is -0.497 e. The summed E-state index contributed by atoms with van der Waals surface area (Å²) in [7, 11) is 1.58. The third kappa shape index (κ3) is 4.07. The topological polar surface area (TPSA) is 73.2 Å². The van der Waals surface area contributed by atoms with Crippen molar-refractivity contribution in [2.24, 2.45) is 0 Å². The molecule has 0 spiro atoms. The smallest absolute Gasteiger partial charge is 0.265 e. The maximum absolute atomic E-state index is 12.9. The lowest BCUT2D eigenvalue weighted by atomic mass is 10.1. The number of carbonyl (C=O) groups excluding carboxylic acids is 1. The molecule has 0 atom stereocenters. The van der Waals surface area contributed by atoms with E-state index in [-0.39, 0.29) is 11.5 Å². The predicted octanol–water partition coefficient (Wildman–Crippen LogP) is 3.37. The summed E-state index contributed by atoms with van der Waals surface area (Å²) in [6.45, 7) is 0.533. The third-order valence-corrected chi connectivity index (χ3v) is 4.89. The zero-order valence-electron chi connectivity index (χ0n) is 16.5. The number of benzene rings is 3. The molecule has 4 rings (SSSR count). The predicted molar refractivity (Wildman–Crippen MR) is 116 cm³/mol. The van der Waals surface area contributed by atoms with E-state index in [9.17, 15) is 9.59 Å². The van der Waals surface area contributed by atoms with Gasteiger partial charge in [0.1, 0.15) is 12.1 Å². The molecule has 0 bridgehead atoms. The molecule has 4 aromatic rings. The SMILES string of the molecule is COc1cccc(-n2cnc3cc(C(=O)NCCc4ccccc4)ccc3c2=O)c1. The van der Waals surface area contributed by atoms with E-state index in [0.29, 0.717) is 34.4 Å². The molecule has 30 heavy (non-hydrogen) atoms. The van der Waals surface area contributed by atoms with Crippen LogP contribution in [0.25, 0.3) is 16.6 Å². The molecule has 6 nitrogen and oxygen atoms in total. The van der Waals surface area contributed by atoms with E-state index in [4.69, 9.17) is 4.74 Å². The molecule has 6 heteroatoms. The van der Waals surface area contributed by atoms with E-state index in [1.807, 2.05) is 48.5 Å². The molecule has 1 heterocycles. The summed E-state index contributed by atoms with van der Waals surface area (Å²) in [5.41, 5.74) is 2.58. The Labute approximate surface area is 173 Å². The lowest BCUT2D eigenvalue weighted by Gasteiger charge is -2.09. The number of ether oxygens (including phenoxy) is 1. The van der Waals surface area contributed by atoms with Gasteiger partial charge in [-0.1, -0.05) is 36.4 Å². The minimum absolute atomic E-state index is 0.188. The van der Waals surface area contributed by atoms with Crippen molar-refractivity contribution in [3.8, 4) is 11.4 Å². The number of methoxy groups -OCH3 is 1. The average Bonchev–Trinajstić information content (AvgIpc) is 2.79. The first-order chi connectivity index (χ1) is 14.7. The molecular weight excluding hydrogens is 378 g/mol. The highest BCUT2D eigenvalue weighted by Crippen LogP contribution is 2.16. The Balaban J connectivity index is 1.54. The Morgan fingerprint density at radius 1 is 1.03 bits per heavy atom. The molecule has 0 aliphatic heterocycles. The molecule has 1 N–H and O–H groups in total. The number of hydrogen-bond acceptors (Lipinski definition) is 4. The molecule has 0 saturated carbocycles. The number of nitrogens with one attached hydrogen (secondary N) is 1. The minimum atomic E-state index is -0.204. The highest BCUT2D eigenvalue weighted by Gasteiger charge is 2.11. The second kappa shape index (κ2) is 8.61. The second-order valence-corrected chi connectivity index (χ2v) is 6.84. The summed E-state index contributed by atoms with van der Waals surface area (Å²) in [5.74, 6) is 0.466. The molecule has 1 amide bonds. The summed E-state index contributed by atoms with van der Waals surface area (Å²) in [4.78, 5) is 29.8. The van der Waals surface area contributed by atoms with E-state index >= 15 is 0 Å². The summed E-state index contributed by atoms with van der Waals surface area (Å²) < 4.78 is 6.69. The van der Waals surface area contributed by atoms with E-state index in [1.165, 1.54) is 10.9 Å². The van der Waals surface area contributed by atoms with Crippen molar-refractivity contribution in [3.05, 3.63) is 101 Å². The highest BCUT2D eigenvalue weighted by atomic mass is 16.5. The lowest BCUT2D eigenvalue weighted by molar-refractivity contribution is 0.0954. The van der Waals surface area contributed by atoms with Crippen LogP contribution < -0.4 is 15.6 Å². The van der Waals surface area contributed by atoms with Gasteiger partial charge in [0.15, 0.2) is 0 Å². The molecule has 150 valence electrons. The van der Waals surface area contributed by atoms with Gasteiger partial charge in [-0.25, -0.2) is 4.98 Å². The van der Waals surface area contributed by atoms with Gasteiger partial charge < -0.3 is 10.1 Å². The van der Waals surface area contributed by atoms with Crippen LogP contribution in [0.15, 0.2) is 83.9 Å². The highest BCUT2D eigenvalue weighted by molar-refractivity contribution is 5.97. The molecule has 3 aromatic carbocycles. The largest absolute Gasteiger partial charge is 0.497 e. The van der Waals surface area contributed by atoms with Crippen LogP contribution in [-0.4, -0.2) is 29.1 Å². The van der Waals surface area contributed by atoms with Crippen LogP contribution in [0.3, 0.4) is 0 Å². The number of carbonyl (C=O) groups is 1. The van der Waals surface area contributed by atoms with Gasteiger partial charge >= 0.3 is 0 Å². The number of hydrogen-bond donors (Lipinski definition) is 1. The first kappa shape index (κ1) is 19.4. The first-order valence-electron chi connectivity index (χ1n) is 9.64. The van der Waals surface area contributed by atoms with Gasteiger partial charge in [0.2, 0.25) is 0 Å². The molecule has 0 unspecified atom stereocenters. The van der Waals surface area contributed by atoms with Crippen molar-refractivity contribution < 1.29 is 9.53 Å². The van der Waals surface area contributed by atoms with Crippen LogP contribution >= 0.6 is 0 Å². The Kier molecular flexibility index (Phi) is 5.57. The Hall–Kier alpha value is -3.93. The molecule has 0 aliphatic carbocycles. The molecule has 0 fully saturated rings. The van der Waals surface area contributed by atoms with E-state index in [1.54, 1.807) is 31.4 Å². The summed E-state index contributed by atoms with van der Waals surface area (Å²) >= 11 is 0. The summed E-state index contributed by atoms with van der Waals surface area (Å²) in [5, 5.41) is 3.36. The van der Waals surface area contributed by atoms with Gasteiger partial charge in [0.05, 0.1) is 23.7 Å². The van der Waals surface area contributed by atoms with Crippen LogP contribution in [0.1, 0.15) is 15.9 Å². The number of nitrogens with zero attached hydrogens (tertiary/aromatic N) is 2. The second-order valence-electron chi connectivity index (χ2n) is 6.84. The van der Waals surface area contributed by atoms with Gasteiger partial charge in [0, 0.05) is 18.2 Å². The molecule has 0 aliphatic rings. The third-order valence-electron chi connectivity index (χ3n) is 4.89. The van der Waals surface area contributed by atoms with Crippen LogP contribution in [0.4, 0.5) is 0 Å². The normalized spacial score (nSPS) is 10.7. The first-order valence-corrected chi connectivity index (χ1v) is 9.64. The van der Waals surface area contributed by atoms with Crippen molar-refractivity contribution in [2.75, 3.05) is 13.7 Å². The van der Waals surface area contributed by atoms with Gasteiger partial charge in [-0.2, -0.15) is 0 Å². The molecule has 0 saturated heterocycles. The molecule has 0 radical (unpaired) electrons. The summed E-state index contributed by atoms with van der Waals surface area (Å²) in [6.07, 6.45) is 2.22. The van der Waals surface area contributed by atoms with Gasteiger partial charge in [-0.3, -0.25) is 14.2 Å². The fraction of sp³-hybridized carbons (Fsp3) is 0.125. The standard InChI is InChI=1S/C24H21N3O3/c1-30-20-9-5-8-19(15-20)27-16-26-22-14-18(10-11-21(22)24(27)29)23(28)25-13-12-17-6-3-2-4-7-17/h2-11,14-16H,12-13H2,1H3,(H,25,28). The van der Waals surface area contributed by atoms with Crippen LogP contribution in [0.2, 0.25) is 0 Å². The van der Waals surface area contributed by atoms with Crippen molar-refractivity contribution in [3.63, 3.8) is 0 Å². The zero-order chi connectivity index (χ0) is 20.9. The fourth-order valence-electron chi connectivity index (χ4n) is 3.27. The zero-order valence-corrected chi connectivity index (χ0v) is 16.5. The van der Waals surface area contributed by atoms with Gasteiger partial charge in [0.25, 0.3) is 11.5 Å². The Bertz CT molecular complexity index is 1250. The number of rotatable bonds is 6. The molecule has 1 aromatic heterocycles. The monoisotopic (exact) mass is 399 g/mol. The lowest BCUT2D eigenvalue weighted by Crippen LogP contribution is -2.26. The molecular formula is C24H21N3O3. The van der Waals surface area contributed by atoms with Crippen LogP contribution in [0, 0.1) is 0 Å². The van der Waals surface area contributed by atoms with E-state index < -0.39 is 0 Å². The van der Waals surface area contributed by atoms with Crippen molar-refractivity contribution in [1.82, 2.24) is 14.9 Å². The van der Waals surface area contributed by atoms with Gasteiger partial charge in [-0.15, -0.1) is 0 Å². The van der Waals surface area contributed by atoms with E-state index in [2.05, 4.69) is 10.3 Å². The van der Waals surface area contributed by atoms with Crippen LogP contribution in [-0.2, 0) is 6.42 Å². The van der Waals surface area contributed by atoms with Crippen molar-refractivity contribution >= 4 is 16.8 Å². The Morgan fingerprint density at radius 2 is 1.87 bits per heavy atom. The van der Waals surface area contributed by atoms with Gasteiger partial charge in [-0.05, 0) is 42.3 Å². The number of amides is 1.